The molecule has 0 aliphatic carbocycles. The number of aryl methyl sites for hydroxylation is 2. The van der Waals surface area contributed by atoms with E-state index in [2.05, 4.69) is 38.2 Å². The Kier molecular flexibility index (Phi) is 7.97. The highest BCUT2D eigenvalue weighted by atomic mass is 16.2. The third-order valence-corrected chi connectivity index (χ3v) is 6.66. The number of carbonyl (C=O) groups is 3. The molecule has 2 aliphatic rings. The molecule has 1 N–H and O–H groups in total. The van der Waals surface area contributed by atoms with Gasteiger partial charge in [0.15, 0.2) is 0 Å². The van der Waals surface area contributed by atoms with Crippen LogP contribution in [0.5, 0.6) is 0 Å². The van der Waals surface area contributed by atoms with Crippen LogP contribution < -0.4 is 5.32 Å². The normalized spacial score (nSPS) is 17.3. The van der Waals surface area contributed by atoms with Gasteiger partial charge in [-0.25, -0.2) is 0 Å². The largest absolute Gasteiger partial charge is 0.322 e. The number of nitrogens with one attached hydrogen (secondary N) is 1. The summed E-state index contributed by atoms with van der Waals surface area (Å²) in [5.41, 5.74) is 6.80. The molecule has 6 nitrogen and oxygen atoms in total. The smallest absolute Gasteiger partial charge is 0.255 e. The predicted molar refractivity (Wildman–Crippen MR) is 146 cm³/mol. The second-order valence-electron chi connectivity index (χ2n) is 9.86. The van der Waals surface area contributed by atoms with Gasteiger partial charge < -0.3 is 4.90 Å². The van der Waals surface area contributed by atoms with Crippen molar-refractivity contribution in [3.63, 3.8) is 0 Å². The van der Waals surface area contributed by atoms with Gasteiger partial charge in [-0.3, -0.25) is 24.7 Å². The molecule has 0 spiro atoms. The molecule has 1 unspecified atom stereocenters. The second kappa shape index (κ2) is 11.3. The Morgan fingerprint density at radius 3 is 2.27 bits per heavy atom. The summed E-state index contributed by atoms with van der Waals surface area (Å²) in [6.07, 6.45) is 0.617. The van der Waals surface area contributed by atoms with Crippen LogP contribution >= 0.6 is 0 Å². The summed E-state index contributed by atoms with van der Waals surface area (Å²) in [5.74, 6) is -0.632. The monoisotopic (exact) mass is 495 g/mol. The minimum Gasteiger partial charge on any atom is -0.322 e. The van der Waals surface area contributed by atoms with E-state index >= 15 is 0 Å². The maximum atomic E-state index is 12.9. The first-order chi connectivity index (χ1) is 17.7. The van der Waals surface area contributed by atoms with Gasteiger partial charge in [-0.15, -0.1) is 0 Å². The molecule has 0 bridgehead atoms. The van der Waals surface area contributed by atoms with Crippen molar-refractivity contribution >= 4 is 29.1 Å². The number of rotatable bonds is 4. The van der Waals surface area contributed by atoms with Crippen LogP contribution in [0.4, 0.5) is 5.69 Å². The average molecular weight is 496 g/mol. The molecule has 3 amide bonds. The van der Waals surface area contributed by atoms with Gasteiger partial charge in [0.2, 0.25) is 11.8 Å². The molecule has 6 heteroatoms. The van der Waals surface area contributed by atoms with Crippen molar-refractivity contribution in [1.29, 1.82) is 0 Å². The van der Waals surface area contributed by atoms with E-state index in [0.717, 1.165) is 28.1 Å². The number of benzene rings is 3. The quantitative estimate of drug-likeness (QED) is 0.382. The van der Waals surface area contributed by atoms with Crippen LogP contribution in [-0.4, -0.2) is 34.4 Å². The van der Waals surface area contributed by atoms with E-state index in [-0.39, 0.29) is 24.2 Å². The number of amides is 3. The molecule has 1 atom stereocenters. The molecule has 190 valence electrons. The highest BCUT2D eigenvalue weighted by Crippen LogP contribution is 2.30. The van der Waals surface area contributed by atoms with E-state index in [1.165, 1.54) is 5.56 Å². The lowest BCUT2D eigenvalue weighted by Crippen LogP contribution is -2.52. The Bertz CT molecular complexity index is 1340. The lowest BCUT2D eigenvalue weighted by Gasteiger charge is -2.29. The summed E-state index contributed by atoms with van der Waals surface area (Å²) < 4.78 is 0. The fourth-order valence-electron chi connectivity index (χ4n) is 4.61. The number of hydrogen-bond acceptors (Lipinski definition) is 4. The van der Waals surface area contributed by atoms with Crippen molar-refractivity contribution in [2.45, 2.75) is 53.1 Å². The average Bonchev–Trinajstić information content (AvgIpc) is 3.19. The van der Waals surface area contributed by atoms with Gasteiger partial charge >= 0.3 is 0 Å². The Labute approximate surface area is 218 Å². The first-order valence-electron chi connectivity index (χ1n) is 12.7. The third-order valence-electron chi connectivity index (χ3n) is 6.66. The van der Waals surface area contributed by atoms with E-state index < -0.39 is 11.9 Å². The summed E-state index contributed by atoms with van der Waals surface area (Å²) in [7, 11) is 0. The molecule has 0 saturated carbocycles. The number of fused-ring (bicyclic) bond motifs is 1. The van der Waals surface area contributed by atoms with E-state index in [1.54, 1.807) is 4.90 Å². The minimum absolute atomic E-state index is 0.159. The molecule has 2 aliphatic heterocycles. The zero-order valence-electron chi connectivity index (χ0n) is 21.8. The highest BCUT2D eigenvalue weighted by molar-refractivity contribution is 6.07. The van der Waals surface area contributed by atoms with Crippen LogP contribution in [0.15, 0.2) is 77.8 Å². The highest BCUT2D eigenvalue weighted by Gasteiger charge is 2.39. The maximum absolute atomic E-state index is 12.9. The molecular weight excluding hydrogens is 462 g/mol. The molecule has 5 rings (SSSR count). The predicted octanol–water partition coefficient (Wildman–Crippen LogP) is 5.53. The zero-order valence-corrected chi connectivity index (χ0v) is 21.8. The summed E-state index contributed by atoms with van der Waals surface area (Å²) in [6, 6.07) is 23.4. The lowest BCUT2D eigenvalue weighted by atomic mass is 9.96. The molecule has 3 aromatic carbocycles. The molecule has 1 saturated heterocycles. The molecule has 0 aromatic heterocycles. The number of piperidine rings is 1. The van der Waals surface area contributed by atoms with Crippen molar-refractivity contribution in [1.82, 2.24) is 10.2 Å². The first kappa shape index (κ1) is 26.0. The number of carbonyl (C=O) groups excluding carboxylic acids is 3. The molecule has 3 aromatic rings. The van der Waals surface area contributed by atoms with Crippen LogP contribution in [0.1, 0.15) is 59.3 Å². The maximum Gasteiger partial charge on any atom is 0.255 e. The van der Waals surface area contributed by atoms with Crippen LogP contribution in [-0.2, 0) is 16.1 Å². The standard InChI is InChI=1S/C24H25N3O3.C7H8/c1-14(2)22(25-19-7-5-4-6-15(19)3)16-8-9-18-17(12-16)13-27(24(18)30)20-10-11-21(28)26-23(20)29;1-7-5-3-2-4-6-7/h4-9,12,14,20H,10-11,13H2,1-3H3,(H,26,28,29);2-6H,1H3. The fourth-order valence-corrected chi connectivity index (χ4v) is 4.61. The fraction of sp³-hybridized carbons (Fsp3) is 0.290. The Morgan fingerprint density at radius 2 is 1.65 bits per heavy atom. The third kappa shape index (κ3) is 6.02. The van der Waals surface area contributed by atoms with Crippen LogP contribution in [0.25, 0.3) is 0 Å². The lowest BCUT2D eigenvalue weighted by molar-refractivity contribution is -0.136. The van der Waals surface area contributed by atoms with Gasteiger partial charge in [-0.1, -0.05) is 74.0 Å². The molecule has 1 fully saturated rings. The van der Waals surface area contributed by atoms with E-state index in [1.807, 2.05) is 67.6 Å². The SMILES string of the molecule is Cc1ccccc1.Cc1ccccc1N=C(c1ccc2c(c1)CN(C1CCC(=O)NC1=O)C2=O)C(C)C. The number of para-hydroxylation sites is 1. The summed E-state index contributed by atoms with van der Waals surface area (Å²) in [4.78, 5) is 43.1. The number of nitrogens with zero attached hydrogens (tertiary/aromatic N) is 2. The Hall–Kier alpha value is -4.06. The summed E-state index contributed by atoms with van der Waals surface area (Å²) in [5, 5.41) is 2.34. The topological polar surface area (TPSA) is 78.8 Å². The van der Waals surface area contributed by atoms with Gasteiger partial charge in [0, 0.05) is 18.5 Å². The first-order valence-corrected chi connectivity index (χ1v) is 12.7. The molecule has 2 heterocycles. The van der Waals surface area contributed by atoms with Crippen LogP contribution in [0.2, 0.25) is 0 Å². The van der Waals surface area contributed by atoms with E-state index in [4.69, 9.17) is 4.99 Å². The van der Waals surface area contributed by atoms with Crippen molar-refractivity contribution in [2.75, 3.05) is 0 Å². The second-order valence-corrected chi connectivity index (χ2v) is 9.86. The summed E-state index contributed by atoms with van der Waals surface area (Å²) >= 11 is 0. The number of imide groups is 1. The number of hydrogen-bond donors (Lipinski definition) is 1. The van der Waals surface area contributed by atoms with Gasteiger partial charge in [0.1, 0.15) is 6.04 Å². The molecule has 0 radical (unpaired) electrons. The van der Waals surface area contributed by atoms with Gasteiger partial charge in [0.25, 0.3) is 5.91 Å². The van der Waals surface area contributed by atoms with E-state index in [9.17, 15) is 14.4 Å². The van der Waals surface area contributed by atoms with Crippen LogP contribution in [0.3, 0.4) is 0 Å². The van der Waals surface area contributed by atoms with Crippen LogP contribution in [0, 0.1) is 19.8 Å². The Balaban J connectivity index is 0.000000396. The van der Waals surface area contributed by atoms with Crippen molar-refractivity contribution in [2.24, 2.45) is 10.9 Å². The molecular formula is C31H33N3O3. The zero-order chi connectivity index (χ0) is 26.5. The van der Waals surface area contributed by atoms with Gasteiger partial charge in [-0.2, -0.15) is 0 Å². The minimum atomic E-state index is -0.601. The van der Waals surface area contributed by atoms with Crippen molar-refractivity contribution in [3.8, 4) is 0 Å². The summed E-state index contributed by atoms with van der Waals surface area (Å²) in [6.45, 7) is 8.69. The number of aliphatic imine (C=N–C) groups is 1. The Morgan fingerprint density at radius 1 is 0.946 bits per heavy atom. The van der Waals surface area contributed by atoms with Crippen molar-refractivity contribution in [3.05, 3.63) is 101 Å². The van der Waals surface area contributed by atoms with Crippen molar-refractivity contribution < 1.29 is 14.4 Å². The van der Waals surface area contributed by atoms with Gasteiger partial charge in [-0.05, 0) is 61.1 Å². The van der Waals surface area contributed by atoms with Gasteiger partial charge in [0.05, 0.1) is 11.4 Å². The van der Waals surface area contributed by atoms with E-state index in [0.29, 0.717) is 18.5 Å². The molecule has 37 heavy (non-hydrogen) atoms.